The van der Waals surface area contributed by atoms with E-state index in [1.807, 2.05) is 0 Å². The van der Waals surface area contributed by atoms with E-state index in [1.54, 1.807) is 13.0 Å². The van der Waals surface area contributed by atoms with E-state index in [4.69, 9.17) is 0 Å². The molecule has 11 heteroatoms. The maximum absolute atomic E-state index is 13.6. The zero-order chi connectivity index (χ0) is 21.2. The van der Waals surface area contributed by atoms with Crippen LogP contribution in [-0.2, 0) is 0 Å². The predicted molar refractivity (Wildman–Crippen MR) is 92.7 cm³/mol. The molecule has 0 saturated carbocycles. The summed E-state index contributed by atoms with van der Waals surface area (Å²) in [5.41, 5.74) is 0.414. The number of carbonyl (C=O) groups is 1. The average molecular weight is 415 g/mol. The van der Waals surface area contributed by atoms with E-state index in [0.29, 0.717) is 5.56 Å². The van der Waals surface area contributed by atoms with Crippen LogP contribution in [0.25, 0.3) is 0 Å². The lowest BCUT2D eigenvalue weighted by molar-refractivity contribution is -0.274. The topological polar surface area (TPSA) is 67.3 Å². The quantitative estimate of drug-likeness (QED) is 0.747. The molecule has 0 spiro atoms. The number of hydrogen-bond acceptors (Lipinski definition) is 5. The Labute approximate surface area is 162 Å². The Hall–Kier alpha value is -2.98. The highest BCUT2D eigenvalue weighted by Gasteiger charge is 2.38. The fourth-order valence-electron chi connectivity index (χ4n) is 2.74. The van der Waals surface area contributed by atoms with Crippen molar-refractivity contribution in [3.05, 3.63) is 48.3 Å². The maximum Gasteiger partial charge on any atom is 0.573 e. The van der Waals surface area contributed by atoms with Crippen molar-refractivity contribution in [1.82, 2.24) is 14.9 Å². The van der Waals surface area contributed by atoms with Gasteiger partial charge in [0, 0.05) is 18.7 Å². The molecule has 1 N–H and O–H groups in total. The fourth-order valence-corrected chi connectivity index (χ4v) is 2.74. The summed E-state index contributed by atoms with van der Waals surface area (Å²) in [5.74, 6) is -4.04. The van der Waals surface area contributed by atoms with Crippen molar-refractivity contribution in [3.8, 4) is 5.75 Å². The highest BCUT2D eigenvalue weighted by Crippen LogP contribution is 2.30. The van der Waals surface area contributed by atoms with E-state index in [0.717, 1.165) is 23.2 Å². The standard InChI is InChI=1S/C18H16F5N4O2/c1-11-3-4-13(25-14-9-12(5-7-24-14)29-18(21,22)23)26-15(11)16(28)27-8-2-6-17(19,20)10-27/h3-5,7-9H,2,6,10H2,1H3,(H,24,25,26). The molecular formula is C18H16F5N4O2. The molecule has 0 aliphatic carbocycles. The number of ether oxygens (including phenoxy) is 1. The van der Waals surface area contributed by atoms with Crippen molar-refractivity contribution in [2.75, 3.05) is 11.9 Å². The van der Waals surface area contributed by atoms with Crippen LogP contribution >= 0.6 is 0 Å². The predicted octanol–water partition coefficient (Wildman–Crippen LogP) is 4.46. The highest BCUT2D eigenvalue weighted by molar-refractivity contribution is 5.94. The van der Waals surface area contributed by atoms with E-state index >= 15 is 0 Å². The summed E-state index contributed by atoms with van der Waals surface area (Å²) in [5, 5.41) is 2.67. The number of likely N-dealkylation sites (tertiary alicyclic amines) is 1. The number of anilines is 2. The molecule has 1 aliphatic rings. The number of nitrogens with zero attached hydrogens (tertiary/aromatic N) is 3. The van der Waals surface area contributed by atoms with Gasteiger partial charge in [-0.3, -0.25) is 4.79 Å². The van der Waals surface area contributed by atoms with Crippen molar-refractivity contribution < 1.29 is 31.5 Å². The van der Waals surface area contributed by atoms with Crippen molar-refractivity contribution >= 4 is 17.5 Å². The SMILES string of the molecule is Cc1ccc(Nc2cc(OC(F)(F)F)ccn2)nc1C(=O)N1[CH]CCC(F)(F)C1. The third-order valence-corrected chi connectivity index (χ3v) is 4.04. The summed E-state index contributed by atoms with van der Waals surface area (Å²) >= 11 is 0. The van der Waals surface area contributed by atoms with E-state index in [2.05, 4.69) is 20.0 Å². The first-order chi connectivity index (χ1) is 13.5. The Morgan fingerprint density at radius 1 is 1.24 bits per heavy atom. The first-order valence-corrected chi connectivity index (χ1v) is 8.51. The number of nitrogens with one attached hydrogen (secondary N) is 1. The van der Waals surface area contributed by atoms with Gasteiger partial charge in [0.05, 0.1) is 13.1 Å². The van der Waals surface area contributed by atoms with E-state index in [9.17, 15) is 26.7 Å². The Bertz CT molecular complexity index is 904. The molecule has 155 valence electrons. The van der Waals surface area contributed by atoms with Crippen LogP contribution in [0, 0.1) is 13.5 Å². The molecule has 1 radical (unpaired) electrons. The molecule has 0 atom stereocenters. The first kappa shape index (κ1) is 20.7. The smallest absolute Gasteiger partial charge is 0.406 e. The van der Waals surface area contributed by atoms with Gasteiger partial charge in [0.15, 0.2) is 0 Å². The number of rotatable bonds is 4. The molecule has 1 aliphatic heterocycles. The lowest BCUT2D eigenvalue weighted by atomic mass is 10.1. The lowest BCUT2D eigenvalue weighted by Gasteiger charge is -2.32. The summed E-state index contributed by atoms with van der Waals surface area (Å²) in [6.07, 6.45) is -4.01. The molecule has 6 nitrogen and oxygen atoms in total. The minimum atomic E-state index is -4.85. The number of piperidine rings is 1. The minimum Gasteiger partial charge on any atom is -0.406 e. The Balaban J connectivity index is 1.79. The molecule has 1 amide bonds. The third kappa shape index (κ3) is 5.52. The summed E-state index contributed by atoms with van der Waals surface area (Å²) in [6, 6.07) is 5.07. The molecule has 0 aromatic carbocycles. The molecular weight excluding hydrogens is 399 g/mol. The normalized spacial score (nSPS) is 16.4. The Morgan fingerprint density at radius 2 is 2.00 bits per heavy atom. The molecule has 2 aromatic rings. The number of hydrogen-bond donors (Lipinski definition) is 1. The monoisotopic (exact) mass is 415 g/mol. The molecule has 1 saturated heterocycles. The molecule has 0 unspecified atom stereocenters. The summed E-state index contributed by atoms with van der Waals surface area (Å²) in [6.45, 7) is 2.27. The van der Waals surface area contributed by atoms with Crippen molar-refractivity contribution in [2.24, 2.45) is 0 Å². The zero-order valence-corrected chi connectivity index (χ0v) is 15.1. The zero-order valence-electron chi connectivity index (χ0n) is 15.1. The van der Waals surface area contributed by atoms with Gasteiger partial charge in [-0.15, -0.1) is 13.2 Å². The Morgan fingerprint density at radius 3 is 2.69 bits per heavy atom. The van der Waals surface area contributed by atoms with Gasteiger partial charge in [0.25, 0.3) is 11.8 Å². The van der Waals surface area contributed by atoms with Gasteiger partial charge in [-0.1, -0.05) is 6.07 Å². The second kappa shape index (κ2) is 7.80. The van der Waals surface area contributed by atoms with Gasteiger partial charge in [-0.25, -0.2) is 18.7 Å². The van der Waals surface area contributed by atoms with Gasteiger partial charge in [0.2, 0.25) is 0 Å². The minimum absolute atomic E-state index is 0.00225. The lowest BCUT2D eigenvalue weighted by Crippen LogP contribution is -2.43. The summed E-state index contributed by atoms with van der Waals surface area (Å²) < 4.78 is 68.1. The molecule has 2 aromatic heterocycles. The van der Waals surface area contributed by atoms with Crippen molar-refractivity contribution in [3.63, 3.8) is 0 Å². The summed E-state index contributed by atoms with van der Waals surface area (Å²) in [4.78, 5) is 21.6. The number of alkyl halides is 5. The van der Waals surface area contributed by atoms with Crippen LogP contribution in [-0.4, -0.2) is 39.6 Å². The van der Waals surface area contributed by atoms with Crippen LogP contribution in [0.4, 0.5) is 33.6 Å². The average Bonchev–Trinajstić information content (AvgIpc) is 2.61. The van der Waals surface area contributed by atoms with E-state index in [-0.39, 0.29) is 30.2 Å². The number of carbonyl (C=O) groups excluding carboxylic acids is 1. The maximum atomic E-state index is 13.6. The van der Waals surface area contributed by atoms with Gasteiger partial charge in [-0.05, 0) is 31.0 Å². The number of pyridine rings is 2. The fraction of sp³-hybridized carbons (Fsp3) is 0.333. The molecule has 29 heavy (non-hydrogen) atoms. The van der Waals surface area contributed by atoms with Crippen LogP contribution in [0.3, 0.4) is 0 Å². The van der Waals surface area contributed by atoms with Crippen LogP contribution in [0.1, 0.15) is 28.9 Å². The van der Waals surface area contributed by atoms with Gasteiger partial charge >= 0.3 is 6.36 Å². The number of amides is 1. The first-order valence-electron chi connectivity index (χ1n) is 8.51. The van der Waals surface area contributed by atoms with Crippen LogP contribution in [0.5, 0.6) is 5.75 Å². The van der Waals surface area contributed by atoms with Crippen LogP contribution in [0.15, 0.2) is 30.5 Å². The number of aromatic nitrogens is 2. The number of aryl methyl sites for hydroxylation is 1. The number of halogens is 5. The summed E-state index contributed by atoms with van der Waals surface area (Å²) in [7, 11) is 0. The second-order valence-electron chi connectivity index (χ2n) is 6.42. The van der Waals surface area contributed by atoms with Gasteiger partial charge in [0.1, 0.15) is 23.1 Å². The molecule has 0 bridgehead atoms. The van der Waals surface area contributed by atoms with E-state index in [1.165, 1.54) is 12.6 Å². The van der Waals surface area contributed by atoms with Crippen molar-refractivity contribution in [1.29, 1.82) is 0 Å². The largest absolute Gasteiger partial charge is 0.573 e. The highest BCUT2D eigenvalue weighted by atomic mass is 19.4. The second-order valence-corrected chi connectivity index (χ2v) is 6.42. The molecule has 3 rings (SSSR count). The van der Waals surface area contributed by atoms with Crippen molar-refractivity contribution in [2.45, 2.75) is 32.1 Å². The van der Waals surface area contributed by atoms with Gasteiger partial charge in [-0.2, -0.15) is 0 Å². The Kier molecular flexibility index (Phi) is 5.58. The van der Waals surface area contributed by atoms with E-state index < -0.39 is 30.5 Å². The third-order valence-electron chi connectivity index (χ3n) is 4.04. The molecule has 1 fully saturated rings. The van der Waals surface area contributed by atoms with Gasteiger partial charge < -0.3 is 15.0 Å². The van der Waals surface area contributed by atoms with Crippen LogP contribution < -0.4 is 10.1 Å². The molecule has 3 heterocycles. The van der Waals surface area contributed by atoms with Crippen LogP contribution in [0.2, 0.25) is 0 Å².